The Morgan fingerprint density at radius 1 is 0.964 bits per heavy atom. The fourth-order valence-electron chi connectivity index (χ4n) is 2.32. The van der Waals surface area contributed by atoms with Crippen LogP contribution in [0.5, 0.6) is 5.75 Å². The highest BCUT2D eigenvalue weighted by Gasteiger charge is 2.15. The maximum Gasteiger partial charge on any atom is 0.269 e. The SMILES string of the molecule is COc1ccc(C(=O)NNC(=S)NC(=O)c2ccc(C(C)(C)C)cc2)cc1I. The lowest BCUT2D eigenvalue weighted by Crippen LogP contribution is -2.48. The first-order valence-electron chi connectivity index (χ1n) is 8.47. The summed E-state index contributed by atoms with van der Waals surface area (Å²) in [5.74, 6) is -0.0525. The summed E-state index contributed by atoms with van der Waals surface area (Å²) in [4.78, 5) is 24.5. The summed E-state index contributed by atoms with van der Waals surface area (Å²) in [7, 11) is 1.57. The molecule has 0 aliphatic carbocycles. The highest BCUT2D eigenvalue weighted by atomic mass is 127. The summed E-state index contributed by atoms with van der Waals surface area (Å²) in [6.07, 6.45) is 0. The second-order valence-electron chi connectivity index (χ2n) is 7.04. The average Bonchev–Trinajstić information content (AvgIpc) is 2.65. The number of nitrogens with one attached hydrogen (secondary N) is 3. The molecule has 0 fully saturated rings. The maximum absolute atomic E-state index is 12.3. The van der Waals surface area contributed by atoms with Crippen molar-refractivity contribution in [1.29, 1.82) is 0 Å². The number of ether oxygens (including phenoxy) is 1. The number of methoxy groups -OCH3 is 1. The van der Waals surface area contributed by atoms with E-state index in [1.807, 2.05) is 12.1 Å². The molecule has 2 amide bonds. The normalized spacial score (nSPS) is 10.8. The summed E-state index contributed by atoms with van der Waals surface area (Å²) >= 11 is 7.15. The Morgan fingerprint density at radius 3 is 2.11 bits per heavy atom. The quantitative estimate of drug-likeness (QED) is 0.334. The molecule has 0 saturated heterocycles. The molecule has 2 rings (SSSR count). The van der Waals surface area contributed by atoms with Crippen LogP contribution in [0.25, 0.3) is 0 Å². The summed E-state index contributed by atoms with van der Waals surface area (Å²) in [5.41, 5.74) is 7.05. The molecular weight excluding hydrogens is 489 g/mol. The summed E-state index contributed by atoms with van der Waals surface area (Å²) < 4.78 is 5.97. The van der Waals surface area contributed by atoms with E-state index in [-0.39, 0.29) is 22.3 Å². The van der Waals surface area contributed by atoms with Crippen LogP contribution >= 0.6 is 34.8 Å². The molecule has 0 aliphatic rings. The molecule has 6 nitrogen and oxygen atoms in total. The van der Waals surface area contributed by atoms with Gasteiger partial charge in [-0.25, -0.2) is 0 Å². The molecule has 0 saturated carbocycles. The number of amides is 2. The maximum atomic E-state index is 12.3. The number of rotatable bonds is 3. The van der Waals surface area contributed by atoms with E-state index in [4.69, 9.17) is 17.0 Å². The van der Waals surface area contributed by atoms with Gasteiger partial charge >= 0.3 is 0 Å². The van der Waals surface area contributed by atoms with Gasteiger partial charge in [0, 0.05) is 11.1 Å². The monoisotopic (exact) mass is 511 g/mol. The fraction of sp³-hybridized carbons (Fsp3) is 0.250. The third kappa shape index (κ3) is 5.90. The summed E-state index contributed by atoms with van der Waals surface area (Å²) in [6.45, 7) is 6.31. The van der Waals surface area contributed by atoms with E-state index in [2.05, 4.69) is 59.5 Å². The zero-order chi connectivity index (χ0) is 20.9. The second kappa shape index (κ2) is 9.33. The Kier molecular flexibility index (Phi) is 7.36. The van der Waals surface area contributed by atoms with Gasteiger partial charge in [-0.2, -0.15) is 0 Å². The summed E-state index contributed by atoms with van der Waals surface area (Å²) in [5, 5.41) is 2.54. The molecule has 28 heavy (non-hydrogen) atoms. The molecule has 3 N–H and O–H groups in total. The van der Waals surface area contributed by atoms with Gasteiger partial charge in [-0.1, -0.05) is 32.9 Å². The lowest BCUT2D eigenvalue weighted by atomic mass is 9.87. The van der Waals surface area contributed by atoms with E-state index >= 15 is 0 Å². The smallest absolute Gasteiger partial charge is 0.269 e. The van der Waals surface area contributed by atoms with Gasteiger partial charge in [0.15, 0.2) is 5.11 Å². The van der Waals surface area contributed by atoms with Gasteiger partial charge in [-0.05, 0) is 76.1 Å². The van der Waals surface area contributed by atoms with Crippen molar-refractivity contribution in [3.63, 3.8) is 0 Å². The Balaban J connectivity index is 1.90. The van der Waals surface area contributed by atoms with Crippen molar-refractivity contribution in [2.45, 2.75) is 26.2 Å². The summed E-state index contributed by atoms with van der Waals surface area (Å²) in [6, 6.07) is 12.4. The minimum absolute atomic E-state index is 0.00135. The van der Waals surface area contributed by atoms with E-state index in [9.17, 15) is 9.59 Å². The molecule has 2 aromatic rings. The van der Waals surface area contributed by atoms with Crippen LogP contribution < -0.4 is 20.9 Å². The molecule has 8 heteroatoms. The highest BCUT2D eigenvalue weighted by Crippen LogP contribution is 2.22. The zero-order valence-corrected chi connectivity index (χ0v) is 19.0. The predicted octanol–water partition coefficient (Wildman–Crippen LogP) is 3.55. The number of carbonyl (C=O) groups is 2. The molecule has 0 aromatic heterocycles. The highest BCUT2D eigenvalue weighted by molar-refractivity contribution is 14.1. The van der Waals surface area contributed by atoms with Gasteiger partial charge in [0.2, 0.25) is 0 Å². The van der Waals surface area contributed by atoms with Crippen LogP contribution in [0.1, 0.15) is 47.1 Å². The van der Waals surface area contributed by atoms with E-state index in [0.29, 0.717) is 16.9 Å². The fourth-order valence-corrected chi connectivity index (χ4v) is 3.20. The lowest BCUT2D eigenvalue weighted by molar-refractivity contribution is 0.0934. The molecule has 2 aromatic carbocycles. The molecule has 0 unspecified atom stereocenters. The predicted molar refractivity (Wildman–Crippen MR) is 122 cm³/mol. The van der Waals surface area contributed by atoms with Crippen molar-refractivity contribution >= 4 is 51.7 Å². The van der Waals surface area contributed by atoms with E-state index in [1.165, 1.54) is 0 Å². The van der Waals surface area contributed by atoms with Crippen LogP contribution in [0.3, 0.4) is 0 Å². The first-order chi connectivity index (χ1) is 13.1. The zero-order valence-electron chi connectivity index (χ0n) is 16.1. The van der Waals surface area contributed by atoms with Crippen molar-refractivity contribution in [3.8, 4) is 5.75 Å². The Labute approximate surface area is 183 Å². The van der Waals surface area contributed by atoms with Gasteiger partial charge in [0.1, 0.15) is 5.75 Å². The Bertz CT molecular complexity index is 893. The van der Waals surface area contributed by atoms with Crippen LogP contribution in [0.2, 0.25) is 0 Å². The average molecular weight is 511 g/mol. The Hall–Kier alpha value is -2.20. The van der Waals surface area contributed by atoms with Crippen LogP contribution in [0.4, 0.5) is 0 Å². The first-order valence-corrected chi connectivity index (χ1v) is 9.96. The van der Waals surface area contributed by atoms with Crippen molar-refractivity contribution in [3.05, 3.63) is 62.7 Å². The van der Waals surface area contributed by atoms with Crippen LogP contribution in [0.15, 0.2) is 42.5 Å². The van der Waals surface area contributed by atoms with Crippen LogP contribution in [0, 0.1) is 3.57 Å². The first kappa shape index (κ1) is 22.1. The molecule has 0 radical (unpaired) electrons. The lowest BCUT2D eigenvalue weighted by Gasteiger charge is -2.19. The molecule has 0 aliphatic heterocycles. The molecule has 148 valence electrons. The third-order valence-corrected chi connectivity index (χ3v) is 4.99. The van der Waals surface area contributed by atoms with Gasteiger partial charge in [0.05, 0.1) is 10.7 Å². The number of carbonyl (C=O) groups excluding carboxylic acids is 2. The van der Waals surface area contributed by atoms with E-state index in [1.54, 1.807) is 37.4 Å². The topological polar surface area (TPSA) is 79.5 Å². The van der Waals surface area contributed by atoms with Crippen molar-refractivity contribution in [2.75, 3.05) is 7.11 Å². The van der Waals surface area contributed by atoms with E-state index in [0.717, 1.165) is 9.13 Å². The van der Waals surface area contributed by atoms with Gasteiger partial charge in [0.25, 0.3) is 11.8 Å². The van der Waals surface area contributed by atoms with Crippen molar-refractivity contribution in [1.82, 2.24) is 16.2 Å². The molecule has 0 spiro atoms. The molecule has 0 heterocycles. The number of thiocarbonyl (C=S) groups is 1. The van der Waals surface area contributed by atoms with Gasteiger partial charge in [-0.15, -0.1) is 0 Å². The minimum Gasteiger partial charge on any atom is -0.496 e. The molecular formula is C20H22IN3O3S. The second-order valence-corrected chi connectivity index (χ2v) is 8.61. The van der Waals surface area contributed by atoms with Crippen molar-refractivity contribution < 1.29 is 14.3 Å². The number of hydrogen-bond acceptors (Lipinski definition) is 4. The van der Waals surface area contributed by atoms with Gasteiger partial charge in [-0.3, -0.25) is 25.8 Å². The number of halogens is 1. The number of hydrazine groups is 1. The minimum atomic E-state index is -0.383. The standard InChI is InChI=1S/C20H22IN3O3S/c1-20(2,3)14-8-5-12(6-9-14)17(25)22-19(28)24-23-18(26)13-7-10-16(27-4)15(21)11-13/h5-11H,1-4H3,(H,23,26)(H2,22,24,25,28). The molecule has 0 bridgehead atoms. The number of hydrogen-bond donors (Lipinski definition) is 3. The van der Waals surface area contributed by atoms with E-state index < -0.39 is 0 Å². The van der Waals surface area contributed by atoms with Crippen LogP contribution in [-0.4, -0.2) is 24.0 Å². The third-order valence-electron chi connectivity index (χ3n) is 3.94. The van der Waals surface area contributed by atoms with Gasteiger partial charge < -0.3 is 4.74 Å². The molecule has 0 atom stereocenters. The largest absolute Gasteiger partial charge is 0.496 e. The number of benzene rings is 2. The van der Waals surface area contributed by atoms with Crippen LogP contribution in [-0.2, 0) is 5.41 Å². The Morgan fingerprint density at radius 2 is 1.57 bits per heavy atom. The van der Waals surface area contributed by atoms with Crippen molar-refractivity contribution in [2.24, 2.45) is 0 Å².